The van der Waals surface area contributed by atoms with Gasteiger partial charge in [0.05, 0.1) is 24.2 Å². The van der Waals surface area contributed by atoms with Gasteiger partial charge in [-0.05, 0) is 37.8 Å². The zero-order valence-corrected chi connectivity index (χ0v) is 11.3. The Morgan fingerprint density at radius 2 is 2.32 bits per heavy atom. The predicted octanol–water partition coefficient (Wildman–Crippen LogP) is 2.25. The molecule has 1 fully saturated rings. The highest BCUT2D eigenvalue weighted by Crippen LogP contribution is 2.39. The van der Waals surface area contributed by atoms with E-state index in [1.807, 2.05) is 0 Å². The van der Waals surface area contributed by atoms with E-state index in [9.17, 15) is 8.42 Å². The molecule has 2 aromatic heterocycles. The van der Waals surface area contributed by atoms with Crippen molar-refractivity contribution < 1.29 is 12.8 Å². The van der Waals surface area contributed by atoms with Crippen LogP contribution in [-0.2, 0) is 10.0 Å². The van der Waals surface area contributed by atoms with Gasteiger partial charge < -0.3 is 4.42 Å². The number of furan rings is 1. The maximum atomic E-state index is 11.9. The first-order valence-electron chi connectivity index (χ1n) is 6.17. The summed E-state index contributed by atoms with van der Waals surface area (Å²) in [6.07, 6.45) is 6.99. The van der Waals surface area contributed by atoms with E-state index in [-0.39, 0.29) is 5.09 Å². The summed E-state index contributed by atoms with van der Waals surface area (Å²) in [6, 6.07) is 3.24. The molecule has 1 aliphatic carbocycles. The van der Waals surface area contributed by atoms with E-state index in [1.165, 1.54) is 37.4 Å². The van der Waals surface area contributed by atoms with Crippen molar-refractivity contribution in [1.29, 1.82) is 0 Å². The maximum Gasteiger partial charge on any atom is 0.295 e. The highest BCUT2D eigenvalue weighted by molar-refractivity contribution is 7.92. The topological polar surface area (TPSA) is 77.1 Å². The van der Waals surface area contributed by atoms with Gasteiger partial charge in [-0.25, -0.2) is 0 Å². The van der Waals surface area contributed by atoms with Crippen molar-refractivity contribution in [2.75, 3.05) is 4.72 Å². The number of nitrogens with one attached hydrogen (secondary N) is 1. The van der Waals surface area contributed by atoms with Gasteiger partial charge in [0.25, 0.3) is 10.0 Å². The lowest BCUT2D eigenvalue weighted by atomic mass is 10.2. The number of anilines is 1. The van der Waals surface area contributed by atoms with E-state index in [2.05, 4.69) is 16.7 Å². The lowest BCUT2D eigenvalue weighted by Gasteiger charge is -2.09. The standard InChI is InChI=1S/C12H15N3O3S/c1-9(10-4-5-10)15-8-11(7-13-15)14-19(16,17)12-3-2-6-18-12/h2-3,6-10,14H,4-5H2,1H3. The first kappa shape index (κ1) is 12.3. The molecule has 2 aromatic rings. The summed E-state index contributed by atoms with van der Waals surface area (Å²) < 4.78 is 33.0. The summed E-state index contributed by atoms with van der Waals surface area (Å²) in [5, 5.41) is 4.10. The van der Waals surface area contributed by atoms with Gasteiger partial charge in [-0.2, -0.15) is 13.5 Å². The maximum absolute atomic E-state index is 11.9. The molecule has 6 nitrogen and oxygen atoms in total. The fourth-order valence-electron chi connectivity index (χ4n) is 2.03. The number of nitrogens with zero attached hydrogens (tertiary/aromatic N) is 2. The average molecular weight is 281 g/mol. The molecule has 1 atom stereocenters. The third-order valence-corrected chi connectivity index (χ3v) is 4.60. The zero-order valence-electron chi connectivity index (χ0n) is 10.5. The van der Waals surface area contributed by atoms with Crippen LogP contribution in [0.1, 0.15) is 25.8 Å². The Morgan fingerprint density at radius 3 is 2.95 bits per heavy atom. The highest BCUT2D eigenvalue weighted by Gasteiger charge is 2.29. The van der Waals surface area contributed by atoms with Crippen LogP contribution in [0.2, 0.25) is 0 Å². The summed E-state index contributed by atoms with van der Waals surface area (Å²) in [6.45, 7) is 2.09. The van der Waals surface area contributed by atoms with Crippen LogP contribution in [0.4, 0.5) is 5.69 Å². The van der Waals surface area contributed by atoms with Crippen molar-refractivity contribution in [1.82, 2.24) is 9.78 Å². The molecule has 1 aliphatic rings. The second-order valence-electron chi connectivity index (χ2n) is 4.82. The molecule has 0 radical (unpaired) electrons. The van der Waals surface area contributed by atoms with Gasteiger partial charge in [-0.1, -0.05) is 0 Å². The summed E-state index contributed by atoms with van der Waals surface area (Å²) in [5.41, 5.74) is 0.448. The van der Waals surface area contributed by atoms with E-state index in [0.29, 0.717) is 17.6 Å². The second kappa shape index (κ2) is 4.41. The smallest absolute Gasteiger partial charge is 0.295 e. The molecule has 0 amide bonds. The first-order chi connectivity index (χ1) is 9.06. The molecular formula is C12H15N3O3S. The highest BCUT2D eigenvalue weighted by atomic mass is 32.2. The van der Waals surface area contributed by atoms with Crippen molar-refractivity contribution in [3.8, 4) is 0 Å². The Bertz CT molecular complexity index is 656. The molecular weight excluding hydrogens is 266 g/mol. The Labute approximate surface area is 111 Å². The number of rotatable bonds is 5. The lowest BCUT2D eigenvalue weighted by Crippen LogP contribution is -2.12. The minimum absolute atomic E-state index is 0.101. The normalized spacial score (nSPS) is 17.3. The Balaban J connectivity index is 1.77. The fourth-order valence-corrected chi connectivity index (χ4v) is 2.99. The molecule has 0 bridgehead atoms. The van der Waals surface area contributed by atoms with Crippen LogP contribution in [-0.4, -0.2) is 18.2 Å². The monoisotopic (exact) mass is 281 g/mol. The van der Waals surface area contributed by atoms with E-state index in [1.54, 1.807) is 10.9 Å². The molecule has 1 unspecified atom stereocenters. The Morgan fingerprint density at radius 1 is 1.53 bits per heavy atom. The third-order valence-electron chi connectivity index (χ3n) is 3.34. The SMILES string of the molecule is CC(C1CC1)n1cc(NS(=O)(=O)c2ccco2)cn1. The van der Waals surface area contributed by atoms with Crippen LogP contribution in [0.25, 0.3) is 0 Å². The van der Waals surface area contributed by atoms with Crippen LogP contribution in [0.5, 0.6) is 0 Å². The zero-order chi connectivity index (χ0) is 13.5. The van der Waals surface area contributed by atoms with Crippen molar-refractivity contribution in [3.05, 3.63) is 30.8 Å². The van der Waals surface area contributed by atoms with Crippen LogP contribution in [0.3, 0.4) is 0 Å². The van der Waals surface area contributed by atoms with E-state index >= 15 is 0 Å². The molecule has 0 spiro atoms. The van der Waals surface area contributed by atoms with E-state index < -0.39 is 10.0 Å². The number of hydrogen-bond acceptors (Lipinski definition) is 4. The summed E-state index contributed by atoms with van der Waals surface area (Å²) in [7, 11) is -3.66. The van der Waals surface area contributed by atoms with Crippen molar-refractivity contribution in [3.63, 3.8) is 0 Å². The molecule has 19 heavy (non-hydrogen) atoms. The van der Waals surface area contributed by atoms with Crippen molar-refractivity contribution in [2.24, 2.45) is 5.92 Å². The largest absolute Gasteiger partial charge is 0.451 e. The number of aromatic nitrogens is 2. The van der Waals surface area contributed by atoms with E-state index in [4.69, 9.17) is 4.42 Å². The number of sulfonamides is 1. The molecule has 0 aliphatic heterocycles. The molecule has 0 saturated heterocycles. The quantitative estimate of drug-likeness (QED) is 0.911. The van der Waals surface area contributed by atoms with Crippen molar-refractivity contribution >= 4 is 15.7 Å². The molecule has 0 aromatic carbocycles. The third kappa shape index (κ3) is 2.51. The van der Waals surface area contributed by atoms with Gasteiger partial charge in [0.15, 0.2) is 0 Å². The first-order valence-corrected chi connectivity index (χ1v) is 7.65. The summed E-state index contributed by atoms with van der Waals surface area (Å²) in [4.78, 5) is 0. The van der Waals surface area contributed by atoms with Crippen LogP contribution in [0.15, 0.2) is 40.3 Å². The van der Waals surface area contributed by atoms with Crippen LogP contribution >= 0.6 is 0 Å². The lowest BCUT2D eigenvalue weighted by molar-refractivity contribution is 0.440. The average Bonchev–Trinajstić information content (AvgIpc) is 2.89. The van der Waals surface area contributed by atoms with Gasteiger partial charge in [0.2, 0.25) is 5.09 Å². The summed E-state index contributed by atoms with van der Waals surface area (Å²) >= 11 is 0. The van der Waals surface area contributed by atoms with Crippen LogP contribution in [0, 0.1) is 5.92 Å². The minimum Gasteiger partial charge on any atom is -0.451 e. The minimum atomic E-state index is -3.66. The Kier molecular flexibility index (Phi) is 2.85. The molecule has 3 rings (SSSR count). The van der Waals surface area contributed by atoms with Gasteiger partial charge in [-0.3, -0.25) is 9.40 Å². The molecule has 1 N–H and O–H groups in total. The molecule has 2 heterocycles. The Hall–Kier alpha value is -1.76. The molecule has 102 valence electrons. The molecule has 1 saturated carbocycles. The van der Waals surface area contributed by atoms with Crippen LogP contribution < -0.4 is 4.72 Å². The van der Waals surface area contributed by atoms with Gasteiger partial charge in [-0.15, -0.1) is 0 Å². The number of hydrogen-bond donors (Lipinski definition) is 1. The fraction of sp³-hybridized carbons (Fsp3) is 0.417. The van der Waals surface area contributed by atoms with Crippen molar-refractivity contribution in [2.45, 2.75) is 30.9 Å². The van der Waals surface area contributed by atoms with Gasteiger partial charge >= 0.3 is 0 Å². The summed E-state index contributed by atoms with van der Waals surface area (Å²) in [5.74, 6) is 0.662. The van der Waals surface area contributed by atoms with Gasteiger partial charge in [0, 0.05) is 6.20 Å². The van der Waals surface area contributed by atoms with Gasteiger partial charge in [0.1, 0.15) is 0 Å². The van der Waals surface area contributed by atoms with E-state index in [0.717, 1.165) is 0 Å². The molecule has 7 heteroatoms. The predicted molar refractivity (Wildman–Crippen MR) is 69.2 cm³/mol. The second-order valence-corrected chi connectivity index (χ2v) is 6.44.